The van der Waals surface area contributed by atoms with Gasteiger partial charge in [-0.3, -0.25) is 0 Å². The first-order valence-corrected chi connectivity index (χ1v) is 7.87. The molecule has 0 radical (unpaired) electrons. The first-order chi connectivity index (χ1) is 9.81. The minimum atomic E-state index is -0.674. The number of fused-ring (bicyclic) bond motifs is 1. The van der Waals surface area contributed by atoms with Gasteiger partial charge in [-0.15, -0.1) is 0 Å². The van der Waals surface area contributed by atoms with Gasteiger partial charge >= 0.3 is 0 Å². The standard InChI is InChI=1S/C17H20Cl2N2/c1-12-7-6-10-16(2,11-12)17(19)20(3)14-9-5-8-13(18)15(14)21(17)4/h5-10H,11H2,1-4H3. The highest BCUT2D eigenvalue weighted by Gasteiger charge is 2.57. The van der Waals surface area contributed by atoms with Crippen LogP contribution in [0.3, 0.4) is 0 Å². The van der Waals surface area contributed by atoms with Gasteiger partial charge in [0.1, 0.15) is 0 Å². The molecule has 0 saturated heterocycles. The van der Waals surface area contributed by atoms with E-state index < -0.39 is 5.12 Å². The lowest BCUT2D eigenvalue weighted by Gasteiger charge is -2.50. The molecule has 0 aromatic heterocycles. The number of para-hydroxylation sites is 1. The molecule has 0 spiro atoms. The summed E-state index contributed by atoms with van der Waals surface area (Å²) in [7, 11) is 4.06. The lowest BCUT2D eigenvalue weighted by Crippen LogP contribution is -2.60. The van der Waals surface area contributed by atoms with E-state index in [9.17, 15) is 0 Å². The Morgan fingerprint density at radius 2 is 1.90 bits per heavy atom. The van der Waals surface area contributed by atoms with E-state index in [4.69, 9.17) is 23.2 Å². The minimum Gasteiger partial charge on any atom is -0.337 e. The maximum atomic E-state index is 7.21. The number of rotatable bonds is 1. The molecule has 0 amide bonds. The number of allylic oxidation sites excluding steroid dienone is 3. The third-order valence-electron chi connectivity index (χ3n) is 4.77. The molecule has 3 rings (SSSR count). The summed E-state index contributed by atoms with van der Waals surface area (Å²) in [6, 6.07) is 5.95. The van der Waals surface area contributed by atoms with Crippen molar-refractivity contribution < 1.29 is 0 Å². The molecule has 0 fully saturated rings. The van der Waals surface area contributed by atoms with E-state index >= 15 is 0 Å². The Hall–Kier alpha value is -1.12. The van der Waals surface area contributed by atoms with Crippen molar-refractivity contribution in [2.75, 3.05) is 23.9 Å². The van der Waals surface area contributed by atoms with E-state index in [0.717, 1.165) is 22.8 Å². The maximum Gasteiger partial charge on any atom is 0.200 e. The van der Waals surface area contributed by atoms with Gasteiger partial charge in [0.15, 0.2) is 5.12 Å². The molecule has 1 heterocycles. The molecule has 2 atom stereocenters. The van der Waals surface area contributed by atoms with E-state index in [2.05, 4.69) is 47.9 Å². The second-order valence-corrected chi connectivity index (χ2v) is 7.21. The van der Waals surface area contributed by atoms with Gasteiger partial charge in [0.05, 0.1) is 16.4 Å². The van der Waals surface area contributed by atoms with E-state index in [1.54, 1.807) is 0 Å². The number of hydrogen-bond donors (Lipinski definition) is 0. The molecule has 4 heteroatoms. The predicted molar refractivity (Wildman–Crippen MR) is 92.5 cm³/mol. The zero-order valence-corrected chi connectivity index (χ0v) is 14.3. The summed E-state index contributed by atoms with van der Waals surface area (Å²) in [6.07, 6.45) is 7.39. The fraction of sp³-hybridized carbons (Fsp3) is 0.412. The molecule has 0 saturated carbocycles. The van der Waals surface area contributed by atoms with Crippen LogP contribution in [0.4, 0.5) is 11.4 Å². The van der Waals surface area contributed by atoms with Crippen molar-refractivity contribution in [1.29, 1.82) is 0 Å². The smallest absolute Gasteiger partial charge is 0.200 e. The Morgan fingerprint density at radius 1 is 1.19 bits per heavy atom. The van der Waals surface area contributed by atoms with E-state index in [0.29, 0.717) is 0 Å². The quantitative estimate of drug-likeness (QED) is 0.528. The van der Waals surface area contributed by atoms with E-state index in [1.165, 1.54) is 5.57 Å². The van der Waals surface area contributed by atoms with Gasteiger partial charge in [0, 0.05) is 19.5 Å². The highest BCUT2D eigenvalue weighted by atomic mass is 35.5. The van der Waals surface area contributed by atoms with E-state index in [-0.39, 0.29) is 5.41 Å². The van der Waals surface area contributed by atoms with Crippen LogP contribution in [0.2, 0.25) is 5.02 Å². The maximum absolute atomic E-state index is 7.21. The zero-order valence-electron chi connectivity index (χ0n) is 12.8. The summed E-state index contributed by atoms with van der Waals surface area (Å²) in [6.45, 7) is 4.36. The Morgan fingerprint density at radius 3 is 2.52 bits per heavy atom. The summed E-state index contributed by atoms with van der Waals surface area (Å²) in [5.74, 6) is 0. The molecule has 2 aliphatic rings. The Labute approximate surface area is 136 Å². The molecular weight excluding hydrogens is 303 g/mol. The van der Waals surface area contributed by atoms with Gasteiger partial charge in [0.2, 0.25) is 0 Å². The monoisotopic (exact) mass is 322 g/mol. The second-order valence-electron chi connectivity index (χ2n) is 6.28. The van der Waals surface area contributed by atoms with Crippen LogP contribution in [-0.4, -0.2) is 19.2 Å². The summed E-state index contributed by atoms with van der Waals surface area (Å²) < 4.78 is 0. The van der Waals surface area contributed by atoms with Gasteiger partial charge in [-0.05, 0) is 25.5 Å². The zero-order chi connectivity index (χ0) is 15.4. The van der Waals surface area contributed by atoms with Crippen molar-refractivity contribution in [3.8, 4) is 0 Å². The number of alkyl halides is 1. The van der Waals surface area contributed by atoms with Crippen LogP contribution in [0, 0.1) is 5.41 Å². The molecule has 2 unspecified atom stereocenters. The number of hydrogen-bond acceptors (Lipinski definition) is 2. The van der Waals surface area contributed by atoms with Crippen molar-refractivity contribution in [2.45, 2.75) is 25.4 Å². The molecule has 1 aliphatic heterocycles. The summed E-state index contributed by atoms with van der Waals surface area (Å²) in [5.41, 5.74) is 3.20. The molecule has 1 aliphatic carbocycles. The van der Waals surface area contributed by atoms with Crippen LogP contribution in [0.1, 0.15) is 20.3 Å². The lowest BCUT2D eigenvalue weighted by atomic mass is 9.76. The number of halogens is 2. The highest BCUT2D eigenvalue weighted by Crippen LogP contribution is 2.57. The van der Waals surface area contributed by atoms with Crippen LogP contribution < -0.4 is 9.80 Å². The Balaban J connectivity index is 2.14. The minimum absolute atomic E-state index is 0.209. The average molecular weight is 323 g/mol. The molecule has 0 bridgehead atoms. The molecule has 112 valence electrons. The van der Waals surface area contributed by atoms with Crippen molar-refractivity contribution in [2.24, 2.45) is 5.41 Å². The van der Waals surface area contributed by atoms with Gasteiger partial charge in [-0.25, -0.2) is 0 Å². The van der Waals surface area contributed by atoms with Crippen LogP contribution >= 0.6 is 23.2 Å². The van der Waals surface area contributed by atoms with Gasteiger partial charge in [-0.1, -0.05) is 60.0 Å². The first kappa shape index (κ1) is 14.8. The van der Waals surface area contributed by atoms with Crippen molar-refractivity contribution >= 4 is 34.6 Å². The predicted octanol–water partition coefficient (Wildman–Crippen LogP) is 5.03. The largest absolute Gasteiger partial charge is 0.337 e. The van der Waals surface area contributed by atoms with Gasteiger partial charge in [0.25, 0.3) is 0 Å². The average Bonchev–Trinajstić information content (AvgIpc) is 2.63. The SMILES string of the molecule is CC1=CC=CC(C)(C2(Cl)N(C)c3cccc(Cl)c3N2C)C1. The molecular formula is C17H20Cl2N2. The Bertz CT molecular complexity index is 652. The molecule has 21 heavy (non-hydrogen) atoms. The fourth-order valence-corrected chi connectivity index (χ4v) is 4.35. The van der Waals surface area contributed by atoms with Crippen LogP contribution in [0.5, 0.6) is 0 Å². The molecule has 2 nitrogen and oxygen atoms in total. The Kier molecular flexibility index (Phi) is 3.30. The third kappa shape index (κ3) is 1.85. The van der Waals surface area contributed by atoms with Crippen molar-refractivity contribution in [1.82, 2.24) is 0 Å². The van der Waals surface area contributed by atoms with Crippen LogP contribution in [0.15, 0.2) is 42.0 Å². The summed E-state index contributed by atoms with van der Waals surface area (Å²) in [4.78, 5) is 4.24. The lowest BCUT2D eigenvalue weighted by molar-refractivity contribution is 0.284. The number of anilines is 2. The summed E-state index contributed by atoms with van der Waals surface area (Å²) in [5, 5.41) is 0.0619. The normalized spacial score (nSPS) is 31.4. The molecule has 1 aromatic carbocycles. The third-order valence-corrected chi connectivity index (χ3v) is 6.01. The van der Waals surface area contributed by atoms with Gasteiger partial charge in [-0.2, -0.15) is 0 Å². The number of nitrogens with zero attached hydrogens (tertiary/aromatic N) is 2. The van der Waals surface area contributed by atoms with Crippen molar-refractivity contribution in [3.05, 3.63) is 47.0 Å². The summed E-state index contributed by atoms with van der Waals surface area (Å²) >= 11 is 13.6. The number of benzene rings is 1. The fourth-order valence-electron chi connectivity index (χ4n) is 3.75. The highest BCUT2D eigenvalue weighted by molar-refractivity contribution is 6.36. The van der Waals surface area contributed by atoms with Crippen LogP contribution in [0.25, 0.3) is 0 Å². The second kappa shape index (κ2) is 4.69. The van der Waals surface area contributed by atoms with E-state index in [1.807, 2.05) is 26.2 Å². The molecule has 0 N–H and O–H groups in total. The first-order valence-electron chi connectivity index (χ1n) is 7.11. The van der Waals surface area contributed by atoms with Crippen molar-refractivity contribution in [3.63, 3.8) is 0 Å². The topological polar surface area (TPSA) is 6.48 Å². The molecule has 1 aromatic rings. The van der Waals surface area contributed by atoms with Gasteiger partial charge < -0.3 is 9.80 Å². The van der Waals surface area contributed by atoms with Crippen LogP contribution in [-0.2, 0) is 0 Å².